The first-order chi connectivity index (χ1) is 7.15. The second-order valence-electron chi connectivity index (χ2n) is 4.10. The Bertz CT molecular complexity index is 285. The van der Waals surface area contributed by atoms with Crippen molar-refractivity contribution in [1.82, 2.24) is 15.1 Å². The summed E-state index contributed by atoms with van der Waals surface area (Å²) >= 11 is 0. The third kappa shape index (κ3) is 3.64. The Hall–Kier alpha value is -0.870. The average Bonchev–Trinajstić information content (AvgIpc) is 2.63. The molecule has 0 spiro atoms. The first-order valence-corrected chi connectivity index (χ1v) is 5.46. The van der Waals surface area contributed by atoms with Crippen LogP contribution in [0, 0.1) is 5.92 Å². The molecule has 15 heavy (non-hydrogen) atoms. The molecule has 0 aromatic carbocycles. The zero-order valence-electron chi connectivity index (χ0n) is 9.77. The van der Waals surface area contributed by atoms with E-state index >= 15 is 0 Å². The number of rotatable bonds is 6. The highest BCUT2D eigenvalue weighted by Gasteiger charge is 2.09. The number of hydrogen-bond donors (Lipinski definition) is 2. The topological polar surface area (TPSA) is 50.1 Å². The lowest BCUT2D eigenvalue weighted by Gasteiger charge is -2.19. The van der Waals surface area contributed by atoms with Gasteiger partial charge >= 0.3 is 0 Å². The Morgan fingerprint density at radius 3 is 2.80 bits per heavy atom. The third-order valence-corrected chi connectivity index (χ3v) is 2.91. The summed E-state index contributed by atoms with van der Waals surface area (Å²) in [5.41, 5.74) is 1.23. The van der Waals surface area contributed by atoms with Crippen LogP contribution in [-0.4, -0.2) is 34.1 Å². The molecule has 2 N–H and O–H groups in total. The quantitative estimate of drug-likeness (QED) is 0.723. The standard InChI is InChI=1S/C11H21N3O/c1-9(8-15)10(2)12-6-4-11-5-7-13-14(11)3/h5,7,9-10,12,15H,4,6,8H2,1-3H3. The second kappa shape index (κ2) is 5.88. The van der Waals surface area contributed by atoms with E-state index < -0.39 is 0 Å². The van der Waals surface area contributed by atoms with E-state index in [4.69, 9.17) is 5.11 Å². The minimum atomic E-state index is 0.236. The summed E-state index contributed by atoms with van der Waals surface area (Å²) < 4.78 is 1.89. The molecule has 4 heteroatoms. The van der Waals surface area contributed by atoms with Gasteiger partial charge in [0.15, 0.2) is 0 Å². The maximum atomic E-state index is 8.98. The van der Waals surface area contributed by atoms with E-state index in [9.17, 15) is 0 Å². The van der Waals surface area contributed by atoms with Gasteiger partial charge in [0, 0.05) is 44.6 Å². The van der Waals surface area contributed by atoms with Gasteiger partial charge < -0.3 is 10.4 Å². The van der Waals surface area contributed by atoms with Crippen molar-refractivity contribution in [2.45, 2.75) is 26.3 Å². The highest BCUT2D eigenvalue weighted by molar-refractivity contribution is 5.00. The van der Waals surface area contributed by atoms with Crippen LogP contribution < -0.4 is 5.32 Å². The lowest BCUT2D eigenvalue weighted by Crippen LogP contribution is -2.35. The zero-order valence-corrected chi connectivity index (χ0v) is 9.77. The number of nitrogens with zero attached hydrogens (tertiary/aromatic N) is 2. The molecule has 2 atom stereocenters. The number of nitrogens with one attached hydrogen (secondary N) is 1. The van der Waals surface area contributed by atoms with Gasteiger partial charge in [0.2, 0.25) is 0 Å². The van der Waals surface area contributed by atoms with Crippen LogP contribution in [0.2, 0.25) is 0 Å². The van der Waals surface area contributed by atoms with Crippen LogP contribution in [0.3, 0.4) is 0 Å². The van der Waals surface area contributed by atoms with Gasteiger partial charge in [0.25, 0.3) is 0 Å². The lowest BCUT2D eigenvalue weighted by molar-refractivity contribution is 0.208. The first-order valence-electron chi connectivity index (χ1n) is 5.46. The van der Waals surface area contributed by atoms with Crippen molar-refractivity contribution >= 4 is 0 Å². The number of aliphatic hydroxyl groups is 1. The highest BCUT2D eigenvalue weighted by Crippen LogP contribution is 2.01. The predicted molar refractivity (Wildman–Crippen MR) is 60.6 cm³/mol. The molecule has 0 saturated carbocycles. The van der Waals surface area contributed by atoms with Crippen molar-refractivity contribution in [2.24, 2.45) is 13.0 Å². The second-order valence-corrected chi connectivity index (χ2v) is 4.10. The smallest absolute Gasteiger partial charge is 0.0492 e. The Labute approximate surface area is 91.3 Å². The number of aliphatic hydroxyl groups excluding tert-OH is 1. The summed E-state index contributed by atoms with van der Waals surface area (Å²) in [5.74, 6) is 0.302. The van der Waals surface area contributed by atoms with Gasteiger partial charge in [-0.25, -0.2) is 0 Å². The Morgan fingerprint density at radius 2 is 2.27 bits per heavy atom. The lowest BCUT2D eigenvalue weighted by atomic mass is 10.1. The Balaban J connectivity index is 2.25. The van der Waals surface area contributed by atoms with Crippen molar-refractivity contribution in [3.8, 4) is 0 Å². The predicted octanol–water partition coefficient (Wildman–Crippen LogP) is 0.569. The molecule has 0 fully saturated rings. The van der Waals surface area contributed by atoms with E-state index in [2.05, 4.69) is 17.3 Å². The summed E-state index contributed by atoms with van der Waals surface area (Å²) in [6, 6.07) is 2.38. The summed E-state index contributed by atoms with van der Waals surface area (Å²) in [5, 5.41) is 16.5. The van der Waals surface area contributed by atoms with Crippen molar-refractivity contribution in [3.63, 3.8) is 0 Å². The van der Waals surface area contributed by atoms with E-state index in [1.54, 1.807) is 0 Å². The fourth-order valence-corrected chi connectivity index (χ4v) is 1.43. The van der Waals surface area contributed by atoms with Crippen LogP contribution in [0.1, 0.15) is 19.5 Å². The van der Waals surface area contributed by atoms with Crippen LogP contribution in [0.5, 0.6) is 0 Å². The van der Waals surface area contributed by atoms with E-state index in [1.165, 1.54) is 5.69 Å². The van der Waals surface area contributed by atoms with Crippen LogP contribution in [-0.2, 0) is 13.5 Å². The van der Waals surface area contributed by atoms with E-state index in [0.29, 0.717) is 12.0 Å². The normalized spacial score (nSPS) is 15.2. The van der Waals surface area contributed by atoms with Crippen LogP contribution in [0.4, 0.5) is 0 Å². The maximum absolute atomic E-state index is 8.98. The minimum absolute atomic E-state index is 0.236. The van der Waals surface area contributed by atoms with E-state index in [-0.39, 0.29) is 6.61 Å². The van der Waals surface area contributed by atoms with Gasteiger partial charge in [0.05, 0.1) is 0 Å². The van der Waals surface area contributed by atoms with Crippen LogP contribution in [0.15, 0.2) is 12.3 Å². The molecule has 4 nitrogen and oxygen atoms in total. The molecular formula is C11H21N3O. The summed E-state index contributed by atoms with van der Waals surface area (Å²) in [7, 11) is 1.95. The maximum Gasteiger partial charge on any atom is 0.0492 e. The van der Waals surface area contributed by atoms with Crippen LogP contribution >= 0.6 is 0 Å². The highest BCUT2D eigenvalue weighted by atomic mass is 16.3. The van der Waals surface area contributed by atoms with Crippen molar-refractivity contribution < 1.29 is 5.11 Å². The summed E-state index contributed by atoms with van der Waals surface area (Å²) in [4.78, 5) is 0. The first kappa shape index (κ1) is 12.2. The molecule has 1 rings (SSSR count). The SMILES string of the molecule is CC(CO)C(C)NCCc1ccnn1C. The molecule has 0 radical (unpaired) electrons. The fourth-order valence-electron chi connectivity index (χ4n) is 1.43. The van der Waals surface area contributed by atoms with Gasteiger partial charge in [-0.2, -0.15) is 5.10 Å². The molecule has 0 aliphatic heterocycles. The van der Waals surface area contributed by atoms with Gasteiger partial charge in [-0.1, -0.05) is 6.92 Å². The van der Waals surface area contributed by atoms with Crippen molar-refractivity contribution in [1.29, 1.82) is 0 Å². The van der Waals surface area contributed by atoms with Crippen molar-refractivity contribution in [2.75, 3.05) is 13.2 Å². The van der Waals surface area contributed by atoms with Gasteiger partial charge in [-0.3, -0.25) is 4.68 Å². The molecular weight excluding hydrogens is 190 g/mol. The molecule has 1 aromatic heterocycles. The third-order valence-electron chi connectivity index (χ3n) is 2.91. The summed E-state index contributed by atoms with van der Waals surface area (Å²) in [6.07, 6.45) is 2.79. The largest absolute Gasteiger partial charge is 0.396 e. The van der Waals surface area contributed by atoms with Gasteiger partial charge in [0.1, 0.15) is 0 Å². The Morgan fingerprint density at radius 1 is 1.53 bits per heavy atom. The number of aryl methyl sites for hydroxylation is 1. The van der Waals surface area contributed by atoms with E-state index in [0.717, 1.165) is 13.0 Å². The zero-order chi connectivity index (χ0) is 11.3. The molecule has 0 aliphatic carbocycles. The number of hydrogen-bond acceptors (Lipinski definition) is 3. The van der Waals surface area contributed by atoms with Gasteiger partial charge in [-0.05, 0) is 18.9 Å². The van der Waals surface area contributed by atoms with Gasteiger partial charge in [-0.15, -0.1) is 0 Å². The molecule has 0 aliphatic rings. The molecule has 0 amide bonds. The summed E-state index contributed by atoms with van der Waals surface area (Å²) in [6.45, 7) is 5.30. The minimum Gasteiger partial charge on any atom is -0.396 e. The molecule has 0 bridgehead atoms. The van der Waals surface area contributed by atoms with E-state index in [1.807, 2.05) is 30.9 Å². The fraction of sp³-hybridized carbons (Fsp3) is 0.727. The average molecular weight is 211 g/mol. The molecule has 0 saturated heterocycles. The Kier molecular flexibility index (Phi) is 4.78. The molecule has 86 valence electrons. The molecule has 1 aromatic rings. The van der Waals surface area contributed by atoms with Crippen LogP contribution in [0.25, 0.3) is 0 Å². The molecule has 2 unspecified atom stereocenters. The monoisotopic (exact) mass is 211 g/mol. The van der Waals surface area contributed by atoms with Crippen molar-refractivity contribution in [3.05, 3.63) is 18.0 Å². The molecule has 1 heterocycles. The number of aromatic nitrogens is 2.